The molecule has 1 N–H and O–H groups in total. The minimum absolute atomic E-state index is 0.0983. The van der Waals surface area contributed by atoms with Crippen LogP contribution in [0.25, 0.3) is 0 Å². The summed E-state index contributed by atoms with van der Waals surface area (Å²) in [6, 6.07) is 5.28. The lowest BCUT2D eigenvalue weighted by atomic mass is 9.98. The first-order valence-electron chi connectivity index (χ1n) is 6.94. The van der Waals surface area contributed by atoms with Gasteiger partial charge in [-0.15, -0.1) is 0 Å². The van der Waals surface area contributed by atoms with E-state index < -0.39 is 0 Å². The normalized spacial score (nSPS) is 21.1. The highest BCUT2D eigenvalue weighted by atomic mass is 32.2. The minimum Gasteiger partial charge on any atom is -0.497 e. The highest BCUT2D eigenvalue weighted by Crippen LogP contribution is 2.36. The summed E-state index contributed by atoms with van der Waals surface area (Å²) in [5, 5.41) is 3.91. The van der Waals surface area contributed by atoms with Crippen LogP contribution in [0.2, 0.25) is 0 Å². The van der Waals surface area contributed by atoms with Crippen molar-refractivity contribution in [1.29, 1.82) is 0 Å². The topological polar surface area (TPSA) is 21.3 Å². The second-order valence-corrected chi connectivity index (χ2v) is 6.17. The zero-order chi connectivity index (χ0) is 13.7. The Morgan fingerprint density at radius 2 is 2.32 bits per heavy atom. The van der Waals surface area contributed by atoms with Gasteiger partial charge in [0.2, 0.25) is 0 Å². The van der Waals surface area contributed by atoms with Crippen LogP contribution >= 0.6 is 11.8 Å². The lowest BCUT2D eigenvalue weighted by Crippen LogP contribution is -2.32. The fourth-order valence-electron chi connectivity index (χ4n) is 2.58. The second kappa shape index (κ2) is 7.15. The monoisotopic (exact) mass is 283 g/mol. The number of ether oxygens (including phenoxy) is 1. The van der Waals surface area contributed by atoms with Gasteiger partial charge in [-0.1, -0.05) is 19.4 Å². The predicted molar refractivity (Wildman–Crippen MR) is 79.5 cm³/mol. The first kappa shape index (κ1) is 14.7. The molecule has 1 aliphatic rings. The predicted octanol–water partition coefficient (Wildman–Crippen LogP) is 3.77. The van der Waals surface area contributed by atoms with Gasteiger partial charge in [-0.05, 0) is 31.2 Å². The van der Waals surface area contributed by atoms with Gasteiger partial charge in [-0.25, -0.2) is 4.39 Å². The fraction of sp³-hybridized carbons (Fsp3) is 0.600. The molecule has 1 heterocycles. The molecule has 19 heavy (non-hydrogen) atoms. The molecule has 1 aromatic rings. The van der Waals surface area contributed by atoms with E-state index in [9.17, 15) is 4.39 Å². The Bertz CT molecular complexity index is 407. The number of hydrogen-bond acceptors (Lipinski definition) is 3. The number of nitrogens with one attached hydrogen (secondary N) is 1. The molecule has 0 saturated carbocycles. The lowest BCUT2D eigenvalue weighted by Gasteiger charge is -2.31. The molecule has 1 fully saturated rings. The summed E-state index contributed by atoms with van der Waals surface area (Å²) in [4.78, 5) is 0. The van der Waals surface area contributed by atoms with E-state index in [1.165, 1.54) is 24.7 Å². The van der Waals surface area contributed by atoms with Gasteiger partial charge in [0.15, 0.2) is 0 Å². The third kappa shape index (κ3) is 3.63. The van der Waals surface area contributed by atoms with Crippen molar-refractivity contribution in [1.82, 2.24) is 5.32 Å². The van der Waals surface area contributed by atoms with Gasteiger partial charge in [0.05, 0.1) is 7.11 Å². The third-order valence-corrected chi connectivity index (χ3v) is 5.01. The van der Waals surface area contributed by atoms with E-state index in [4.69, 9.17) is 4.74 Å². The third-order valence-electron chi connectivity index (χ3n) is 3.55. The van der Waals surface area contributed by atoms with Crippen molar-refractivity contribution >= 4 is 11.8 Å². The Balaban J connectivity index is 2.22. The van der Waals surface area contributed by atoms with E-state index in [0.717, 1.165) is 18.5 Å². The Labute approximate surface area is 119 Å². The van der Waals surface area contributed by atoms with Crippen LogP contribution < -0.4 is 10.1 Å². The van der Waals surface area contributed by atoms with Crippen LogP contribution in [-0.2, 0) is 0 Å². The summed E-state index contributed by atoms with van der Waals surface area (Å²) in [6.45, 7) is 2.93. The number of hydrogen-bond donors (Lipinski definition) is 1. The number of benzene rings is 1. The molecule has 0 bridgehead atoms. The zero-order valence-corrected chi connectivity index (χ0v) is 12.4. The smallest absolute Gasteiger partial charge is 0.131 e. The number of methoxy groups -OCH3 is 1. The second-order valence-electron chi connectivity index (χ2n) is 4.83. The molecule has 0 aromatic heterocycles. The maximum Gasteiger partial charge on any atom is 0.131 e. The van der Waals surface area contributed by atoms with Gasteiger partial charge < -0.3 is 10.1 Å². The highest BCUT2D eigenvalue weighted by Gasteiger charge is 2.27. The number of thioether (sulfide) groups is 1. The zero-order valence-electron chi connectivity index (χ0n) is 11.6. The van der Waals surface area contributed by atoms with Crippen molar-refractivity contribution in [3.8, 4) is 5.75 Å². The molecule has 1 aromatic carbocycles. The number of halogens is 1. The Kier molecular flexibility index (Phi) is 5.52. The molecule has 1 aliphatic heterocycles. The molecule has 0 aliphatic carbocycles. The van der Waals surface area contributed by atoms with E-state index >= 15 is 0 Å². The Morgan fingerprint density at radius 1 is 1.47 bits per heavy atom. The summed E-state index contributed by atoms with van der Waals surface area (Å²) in [7, 11) is 1.56. The molecule has 0 amide bonds. The summed E-state index contributed by atoms with van der Waals surface area (Å²) in [5.74, 6) is 1.59. The minimum atomic E-state index is -0.170. The first-order valence-corrected chi connectivity index (χ1v) is 7.99. The van der Waals surface area contributed by atoms with Crippen LogP contribution in [0, 0.1) is 5.82 Å². The van der Waals surface area contributed by atoms with Crippen LogP contribution in [0.1, 0.15) is 37.8 Å². The molecule has 2 nitrogen and oxygen atoms in total. The van der Waals surface area contributed by atoms with Crippen LogP contribution in [-0.4, -0.2) is 24.7 Å². The molecule has 1 saturated heterocycles. The van der Waals surface area contributed by atoms with E-state index in [-0.39, 0.29) is 11.9 Å². The largest absolute Gasteiger partial charge is 0.497 e. The average Bonchev–Trinajstić information content (AvgIpc) is 2.46. The highest BCUT2D eigenvalue weighted by molar-refractivity contribution is 8.00. The van der Waals surface area contributed by atoms with Crippen LogP contribution in [0.4, 0.5) is 4.39 Å². The van der Waals surface area contributed by atoms with Crippen molar-refractivity contribution in [2.45, 2.75) is 37.5 Å². The van der Waals surface area contributed by atoms with Crippen LogP contribution in [0.15, 0.2) is 18.2 Å². The van der Waals surface area contributed by atoms with E-state index in [1.54, 1.807) is 7.11 Å². The molecule has 0 radical (unpaired) electrons. The van der Waals surface area contributed by atoms with Crippen molar-refractivity contribution in [2.24, 2.45) is 0 Å². The van der Waals surface area contributed by atoms with Crippen molar-refractivity contribution in [3.63, 3.8) is 0 Å². The standard InChI is InChI=1S/C15H22FNOS/c1-3-17-15(14-6-4-5-9-19-14)12-8-7-11(18-2)10-13(12)16/h7-8,10,14-15,17H,3-6,9H2,1-2H3. The summed E-state index contributed by atoms with van der Waals surface area (Å²) < 4.78 is 19.3. The van der Waals surface area contributed by atoms with Crippen LogP contribution in [0.5, 0.6) is 5.75 Å². The van der Waals surface area contributed by atoms with Crippen molar-refractivity contribution < 1.29 is 9.13 Å². The maximum absolute atomic E-state index is 14.2. The SMILES string of the molecule is CCNC(c1ccc(OC)cc1F)C1CCCCS1. The van der Waals surface area contributed by atoms with Crippen molar-refractivity contribution in [3.05, 3.63) is 29.6 Å². The quantitative estimate of drug-likeness (QED) is 0.889. The van der Waals surface area contributed by atoms with Crippen molar-refractivity contribution in [2.75, 3.05) is 19.4 Å². The molecule has 4 heteroatoms. The Morgan fingerprint density at radius 3 is 2.89 bits per heavy atom. The fourth-order valence-corrected chi connectivity index (χ4v) is 4.02. The van der Waals surface area contributed by atoms with Gasteiger partial charge in [0, 0.05) is 22.9 Å². The molecule has 106 valence electrons. The number of rotatable bonds is 5. The van der Waals surface area contributed by atoms with E-state index in [1.807, 2.05) is 23.9 Å². The first-order chi connectivity index (χ1) is 9.26. The molecular formula is C15H22FNOS. The maximum atomic E-state index is 14.2. The van der Waals surface area contributed by atoms with Crippen LogP contribution in [0.3, 0.4) is 0 Å². The lowest BCUT2D eigenvalue weighted by molar-refractivity contribution is 0.408. The molecule has 2 rings (SSSR count). The average molecular weight is 283 g/mol. The van der Waals surface area contributed by atoms with Gasteiger partial charge in [-0.2, -0.15) is 11.8 Å². The molecule has 2 unspecified atom stereocenters. The van der Waals surface area contributed by atoms with Gasteiger partial charge in [-0.3, -0.25) is 0 Å². The molecule has 2 atom stereocenters. The van der Waals surface area contributed by atoms with E-state index in [0.29, 0.717) is 11.0 Å². The summed E-state index contributed by atoms with van der Waals surface area (Å²) >= 11 is 1.96. The van der Waals surface area contributed by atoms with Gasteiger partial charge >= 0.3 is 0 Å². The summed E-state index contributed by atoms with van der Waals surface area (Å²) in [5.41, 5.74) is 0.766. The Hall–Kier alpha value is -0.740. The summed E-state index contributed by atoms with van der Waals surface area (Å²) in [6.07, 6.45) is 3.69. The van der Waals surface area contributed by atoms with Gasteiger partial charge in [0.25, 0.3) is 0 Å². The molecular weight excluding hydrogens is 261 g/mol. The molecule has 0 spiro atoms. The van der Waals surface area contributed by atoms with E-state index in [2.05, 4.69) is 12.2 Å². The van der Waals surface area contributed by atoms with Gasteiger partial charge in [0.1, 0.15) is 11.6 Å².